The van der Waals surface area contributed by atoms with Gasteiger partial charge < -0.3 is 10.6 Å². The van der Waals surface area contributed by atoms with Gasteiger partial charge in [-0.15, -0.1) is 0 Å². The molecule has 0 atom stereocenters. The van der Waals surface area contributed by atoms with Crippen molar-refractivity contribution in [3.8, 4) is 0 Å². The zero-order valence-electron chi connectivity index (χ0n) is 16.2. The number of benzene rings is 2. The minimum Gasteiger partial charge on any atom is -0.353 e. The first kappa shape index (κ1) is 21.5. The van der Waals surface area contributed by atoms with Crippen molar-refractivity contribution in [3.63, 3.8) is 0 Å². The van der Waals surface area contributed by atoms with Gasteiger partial charge in [0.2, 0.25) is 11.8 Å². The first-order valence-electron chi connectivity index (χ1n) is 9.80. The normalized spacial score (nSPS) is 15.1. The third-order valence-corrected chi connectivity index (χ3v) is 5.51. The molecule has 0 aromatic heterocycles. The van der Waals surface area contributed by atoms with Gasteiger partial charge in [-0.2, -0.15) is 0 Å². The smallest absolute Gasteiger partial charge is 0.238 e. The highest BCUT2D eigenvalue weighted by atomic mass is 79.9. The zero-order chi connectivity index (χ0) is 20.6. The summed E-state index contributed by atoms with van der Waals surface area (Å²) in [4.78, 5) is 26.5. The largest absolute Gasteiger partial charge is 0.353 e. The molecule has 1 aliphatic heterocycles. The summed E-state index contributed by atoms with van der Waals surface area (Å²) in [7, 11) is 0. The number of para-hydroxylation sites is 1. The Hall–Kier alpha value is -2.25. The van der Waals surface area contributed by atoms with E-state index in [0.29, 0.717) is 23.0 Å². The number of amides is 2. The zero-order valence-corrected chi connectivity index (χ0v) is 17.8. The summed E-state index contributed by atoms with van der Waals surface area (Å²) in [6.45, 7) is 1.86. The number of carbonyl (C=O) groups excluding carboxylic acids is 2. The van der Waals surface area contributed by atoms with E-state index in [2.05, 4.69) is 31.5 Å². The summed E-state index contributed by atoms with van der Waals surface area (Å²) >= 11 is 3.23. The van der Waals surface area contributed by atoms with E-state index in [4.69, 9.17) is 0 Å². The van der Waals surface area contributed by atoms with Crippen LogP contribution < -0.4 is 10.6 Å². The number of carbonyl (C=O) groups is 2. The second-order valence-electron chi connectivity index (χ2n) is 7.27. The molecule has 0 bridgehead atoms. The molecule has 2 aromatic carbocycles. The van der Waals surface area contributed by atoms with E-state index in [9.17, 15) is 14.0 Å². The molecule has 0 aliphatic carbocycles. The van der Waals surface area contributed by atoms with Gasteiger partial charge in [0.1, 0.15) is 5.82 Å². The molecule has 0 radical (unpaired) electrons. The minimum atomic E-state index is -0.297. The van der Waals surface area contributed by atoms with E-state index in [1.165, 1.54) is 6.07 Å². The van der Waals surface area contributed by atoms with Gasteiger partial charge in [-0.25, -0.2) is 4.39 Å². The second kappa shape index (κ2) is 10.5. The Bertz CT molecular complexity index is 839. The van der Waals surface area contributed by atoms with Gasteiger partial charge in [0.05, 0.1) is 6.54 Å². The average molecular weight is 462 g/mol. The fourth-order valence-electron chi connectivity index (χ4n) is 3.43. The number of nitrogens with zero attached hydrogens (tertiary/aromatic N) is 1. The Balaban J connectivity index is 1.35. The van der Waals surface area contributed by atoms with Crippen LogP contribution in [0.1, 0.15) is 24.8 Å². The van der Waals surface area contributed by atoms with Crippen molar-refractivity contribution in [2.75, 3.05) is 25.0 Å². The molecule has 29 heavy (non-hydrogen) atoms. The summed E-state index contributed by atoms with van der Waals surface area (Å²) in [6, 6.07) is 14.4. The van der Waals surface area contributed by atoms with Crippen LogP contribution in [0.2, 0.25) is 0 Å². The molecule has 0 spiro atoms. The van der Waals surface area contributed by atoms with Gasteiger partial charge >= 0.3 is 0 Å². The highest BCUT2D eigenvalue weighted by Crippen LogP contribution is 2.17. The van der Waals surface area contributed by atoms with Crippen LogP contribution in [0.5, 0.6) is 0 Å². The fourth-order valence-corrected chi connectivity index (χ4v) is 3.77. The predicted molar refractivity (Wildman–Crippen MR) is 115 cm³/mol. The molecule has 1 fully saturated rings. The molecule has 2 N–H and O–H groups in total. The molecule has 1 aliphatic rings. The van der Waals surface area contributed by atoms with Gasteiger partial charge in [0, 0.05) is 35.7 Å². The summed E-state index contributed by atoms with van der Waals surface area (Å²) in [5.74, 6) is -0.392. The van der Waals surface area contributed by atoms with Crippen molar-refractivity contribution >= 4 is 33.4 Å². The van der Waals surface area contributed by atoms with Gasteiger partial charge in [-0.3, -0.25) is 14.5 Å². The van der Waals surface area contributed by atoms with Crippen molar-refractivity contribution in [2.45, 2.75) is 31.7 Å². The standard InChI is InChI=1S/C22H25BrFN3O2/c23-17-8-6-16(20(24)14-17)7-9-21(28)25-19-10-12-27(13-11-19)15-22(29)26-18-4-2-1-3-5-18/h1-6,8,14,19H,7,9-13,15H2,(H,25,28)(H,26,29). The van der Waals surface area contributed by atoms with Crippen LogP contribution >= 0.6 is 15.9 Å². The Morgan fingerprint density at radius 2 is 1.79 bits per heavy atom. The monoisotopic (exact) mass is 461 g/mol. The van der Waals surface area contributed by atoms with Crippen LogP contribution in [-0.2, 0) is 16.0 Å². The number of piperidine rings is 1. The lowest BCUT2D eigenvalue weighted by Crippen LogP contribution is -2.46. The summed E-state index contributed by atoms with van der Waals surface area (Å²) in [5, 5.41) is 5.92. The Morgan fingerprint density at radius 3 is 2.48 bits per heavy atom. The van der Waals surface area contributed by atoms with Gasteiger partial charge in [-0.05, 0) is 49.1 Å². The molecular weight excluding hydrogens is 437 g/mol. The molecule has 2 amide bonds. The van der Waals surface area contributed by atoms with E-state index >= 15 is 0 Å². The molecule has 1 saturated heterocycles. The van der Waals surface area contributed by atoms with E-state index < -0.39 is 0 Å². The van der Waals surface area contributed by atoms with Crippen molar-refractivity contribution in [1.29, 1.82) is 0 Å². The quantitative estimate of drug-likeness (QED) is 0.659. The lowest BCUT2D eigenvalue weighted by atomic mass is 10.0. The summed E-state index contributed by atoms with van der Waals surface area (Å²) in [6.07, 6.45) is 2.25. The van der Waals surface area contributed by atoms with Gasteiger partial charge in [0.25, 0.3) is 0 Å². The summed E-state index contributed by atoms with van der Waals surface area (Å²) in [5.41, 5.74) is 1.34. The maximum atomic E-state index is 13.8. The first-order chi connectivity index (χ1) is 14.0. The topological polar surface area (TPSA) is 61.4 Å². The number of aryl methyl sites for hydroxylation is 1. The van der Waals surface area contributed by atoms with Crippen LogP contribution in [0.3, 0.4) is 0 Å². The van der Waals surface area contributed by atoms with Crippen molar-refractivity contribution in [3.05, 3.63) is 64.4 Å². The molecule has 7 heteroatoms. The Kier molecular flexibility index (Phi) is 7.77. The molecule has 5 nitrogen and oxygen atoms in total. The lowest BCUT2D eigenvalue weighted by Gasteiger charge is -2.31. The van der Waals surface area contributed by atoms with Crippen LogP contribution in [0, 0.1) is 5.82 Å². The molecule has 1 heterocycles. The SMILES string of the molecule is O=C(CN1CCC(NC(=O)CCc2ccc(Br)cc2F)CC1)Nc1ccccc1. The third-order valence-electron chi connectivity index (χ3n) is 5.01. The number of nitrogens with one attached hydrogen (secondary N) is 2. The highest BCUT2D eigenvalue weighted by molar-refractivity contribution is 9.10. The van der Waals surface area contributed by atoms with Crippen LogP contribution in [-0.4, -0.2) is 42.4 Å². The van der Waals surface area contributed by atoms with Crippen LogP contribution in [0.4, 0.5) is 10.1 Å². The van der Waals surface area contributed by atoms with E-state index in [1.54, 1.807) is 12.1 Å². The summed E-state index contributed by atoms with van der Waals surface area (Å²) < 4.78 is 14.5. The average Bonchev–Trinajstić information content (AvgIpc) is 2.69. The number of hydrogen-bond acceptors (Lipinski definition) is 3. The molecule has 3 rings (SSSR count). The second-order valence-corrected chi connectivity index (χ2v) is 8.18. The third kappa shape index (κ3) is 6.94. The van der Waals surface area contributed by atoms with Crippen molar-refractivity contribution in [1.82, 2.24) is 10.2 Å². The molecule has 154 valence electrons. The fraction of sp³-hybridized carbons (Fsp3) is 0.364. The molecule has 2 aromatic rings. The van der Waals surface area contributed by atoms with E-state index in [1.807, 2.05) is 30.3 Å². The number of rotatable bonds is 7. The predicted octanol–water partition coefficient (Wildman–Crippen LogP) is 3.74. The Labute approximate surface area is 178 Å². The number of halogens is 2. The number of likely N-dealkylation sites (tertiary alicyclic amines) is 1. The van der Waals surface area contributed by atoms with Crippen molar-refractivity contribution < 1.29 is 14.0 Å². The maximum Gasteiger partial charge on any atom is 0.238 e. The van der Waals surface area contributed by atoms with Gasteiger partial charge in [-0.1, -0.05) is 40.2 Å². The molecule has 0 saturated carbocycles. The number of anilines is 1. The van der Waals surface area contributed by atoms with E-state index in [-0.39, 0.29) is 30.1 Å². The van der Waals surface area contributed by atoms with E-state index in [0.717, 1.165) is 31.6 Å². The molecule has 0 unspecified atom stereocenters. The van der Waals surface area contributed by atoms with Crippen molar-refractivity contribution in [2.24, 2.45) is 0 Å². The molecular formula is C22H25BrFN3O2. The van der Waals surface area contributed by atoms with Crippen LogP contribution in [0.15, 0.2) is 53.0 Å². The first-order valence-corrected chi connectivity index (χ1v) is 10.6. The maximum absolute atomic E-state index is 13.8. The number of hydrogen-bond donors (Lipinski definition) is 2. The highest BCUT2D eigenvalue weighted by Gasteiger charge is 2.22. The lowest BCUT2D eigenvalue weighted by molar-refractivity contribution is -0.122. The van der Waals surface area contributed by atoms with Gasteiger partial charge in [0.15, 0.2) is 0 Å². The Morgan fingerprint density at radius 1 is 1.07 bits per heavy atom. The van der Waals surface area contributed by atoms with Crippen LogP contribution in [0.25, 0.3) is 0 Å². The minimum absolute atomic E-state index is 0.0322.